The van der Waals surface area contributed by atoms with E-state index in [-0.39, 0.29) is 10.8 Å². The van der Waals surface area contributed by atoms with Gasteiger partial charge >= 0.3 is 0 Å². The van der Waals surface area contributed by atoms with Gasteiger partial charge in [-0.05, 0) is 34.1 Å². The molecule has 0 spiro atoms. The lowest BCUT2D eigenvalue weighted by Crippen LogP contribution is -2.13. The highest BCUT2D eigenvalue weighted by Gasteiger charge is 2.08. The molecule has 1 aromatic heterocycles. The molecule has 0 saturated heterocycles. The topological polar surface area (TPSA) is 63.8 Å². The van der Waals surface area contributed by atoms with Gasteiger partial charge < -0.3 is 11.1 Å². The van der Waals surface area contributed by atoms with Crippen molar-refractivity contribution < 1.29 is 4.39 Å². The zero-order chi connectivity index (χ0) is 13.1. The van der Waals surface area contributed by atoms with Crippen molar-refractivity contribution in [1.29, 1.82) is 0 Å². The molecule has 0 aliphatic carbocycles. The van der Waals surface area contributed by atoms with Gasteiger partial charge in [0.2, 0.25) is 0 Å². The van der Waals surface area contributed by atoms with E-state index in [1.165, 1.54) is 18.6 Å². The average molecular weight is 327 g/mol. The predicted molar refractivity (Wildman–Crippen MR) is 75.3 cm³/mol. The fourth-order valence-corrected chi connectivity index (χ4v) is 1.72. The Balaban J connectivity index is 2.34. The van der Waals surface area contributed by atoms with Gasteiger partial charge in [-0.25, -0.2) is 14.4 Å². The number of nitrogens with zero attached hydrogens (tertiary/aromatic N) is 2. The summed E-state index contributed by atoms with van der Waals surface area (Å²) in [6.07, 6.45) is 2.87. The molecule has 3 N–H and O–H groups in total. The second-order valence-electron chi connectivity index (χ2n) is 3.40. The number of aromatic nitrogens is 2. The van der Waals surface area contributed by atoms with Crippen LogP contribution in [-0.4, -0.2) is 15.0 Å². The third-order valence-electron chi connectivity index (χ3n) is 2.16. The van der Waals surface area contributed by atoms with Gasteiger partial charge in [-0.3, -0.25) is 0 Å². The molecular formula is C11H8BrFN4S. The lowest BCUT2D eigenvalue weighted by molar-refractivity contribution is 0.622. The maximum Gasteiger partial charge on any atom is 0.144 e. The number of rotatable bonds is 3. The number of anilines is 2. The minimum absolute atomic E-state index is 0.177. The van der Waals surface area contributed by atoms with E-state index in [1.807, 2.05) is 0 Å². The summed E-state index contributed by atoms with van der Waals surface area (Å²) in [5.74, 6) is 0.0742. The number of benzene rings is 1. The van der Waals surface area contributed by atoms with Gasteiger partial charge in [0, 0.05) is 11.9 Å². The van der Waals surface area contributed by atoms with Gasteiger partial charge in [-0.15, -0.1) is 0 Å². The second kappa shape index (κ2) is 5.36. The van der Waals surface area contributed by atoms with Crippen molar-refractivity contribution in [2.45, 2.75) is 0 Å². The third kappa shape index (κ3) is 2.80. The van der Waals surface area contributed by atoms with Crippen molar-refractivity contribution in [3.63, 3.8) is 0 Å². The van der Waals surface area contributed by atoms with Crippen LogP contribution in [0.5, 0.6) is 0 Å². The van der Waals surface area contributed by atoms with Crippen LogP contribution in [-0.2, 0) is 0 Å². The first kappa shape index (κ1) is 12.8. The lowest BCUT2D eigenvalue weighted by atomic mass is 10.2. The number of hydrogen-bond donors (Lipinski definition) is 2. The summed E-state index contributed by atoms with van der Waals surface area (Å²) in [6, 6.07) is 4.65. The number of hydrogen-bond acceptors (Lipinski definition) is 4. The van der Waals surface area contributed by atoms with E-state index in [0.717, 1.165) is 0 Å². The Morgan fingerprint density at radius 2 is 2.22 bits per heavy atom. The zero-order valence-electron chi connectivity index (χ0n) is 9.02. The summed E-state index contributed by atoms with van der Waals surface area (Å²) in [6.45, 7) is 0. The maximum atomic E-state index is 13.4. The van der Waals surface area contributed by atoms with Gasteiger partial charge in [0.25, 0.3) is 0 Å². The Labute approximate surface area is 117 Å². The largest absolute Gasteiger partial charge is 0.389 e. The van der Waals surface area contributed by atoms with E-state index in [4.69, 9.17) is 18.0 Å². The highest BCUT2D eigenvalue weighted by Crippen LogP contribution is 2.22. The van der Waals surface area contributed by atoms with Crippen LogP contribution in [0.2, 0.25) is 0 Å². The molecule has 0 aliphatic rings. The molecule has 4 nitrogen and oxygen atoms in total. The third-order valence-corrected chi connectivity index (χ3v) is 3.02. The van der Waals surface area contributed by atoms with Crippen LogP contribution in [0.1, 0.15) is 5.56 Å². The SMILES string of the molecule is NC(=S)c1cncnc1Nc1ccc(Br)c(F)c1. The lowest BCUT2D eigenvalue weighted by Gasteiger charge is -2.09. The van der Waals surface area contributed by atoms with Crippen molar-refractivity contribution in [3.8, 4) is 0 Å². The monoisotopic (exact) mass is 326 g/mol. The second-order valence-corrected chi connectivity index (χ2v) is 4.70. The van der Waals surface area contributed by atoms with Crippen molar-refractivity contribution in [2.24, 2.45) is 5.73 Å². The Morgan fingerprint density at radius 3 is 2.89 bits per heavy atom. The zero-order valence-corrected chi connectivity index (χ0v) is 11.4. The minimum Gasteiger partial charge on any atom is -0.389 e. The van der Waals surface area contributed by atoms with E-state index in [9.17, 15) is 4.39 Å². The molecule has 92 valence electrons. The van der Waals surface area contributed by atoms with E-state index < -0.39 is 0 Å². The molecule has 0 radical (unpaired) electrons. The Kier molecular flexibility index (Phi) is 3.83. The maximum absolute atomic E-state index is 13.4. The van der Waals surface area contributed by atoms with Crippen LogP contribution in [0.4, 0.5) is 15.9 Å². The molecule has 18 heavy (non-hydrogen) atoms. The van der Waals surface area contributed by atoms with Gasteiger partial charge in [0.1, 0.15) is 23.0 Å². The van der Waals surface area contributed by atoms with E-state index >= 15 is 0 Å². The fraction of sp³-hybridized carbons (Fsp3) is 0. The molecule has 2 aromatic rings. The number of nitrogens with one attached hydrogen (secondary N) is 1. The molecule has 0 amide bonds. The standard InChI is InChI=1S/C11H8BrFN4S/c12-8-2-1-6(3-9(8)13)17-11-7(10(14)18)4-15-5-16-11/h1-5H,(H2,14,18)(H,15,16,17). The van der Waals surface area contributed by atoms with E-state index in [1.54, 1.807) is 12.1 Å². The number of nitrogens with two attached hydrogens (primary N) is 1. The number of halogens is 2. The quantitative estimate of drug-likeness (QED) is 0.849. The van der Waals surface area contributed by atoms with Crippen LogP contribution < -0.4 is 11.1 Å². The van der Waals surface area contributed by atoms with Crippen molar-refractivity contribution >= 4 is 44.6 Å². The van der Waals surface area contributed by atoms with E-state index in [0.29, 0.717) is 21.5 Å². The molecule has 0 fully saturated rings. The first-order valence-electron chi connectivity index (χ1n) is 4.90. The van der Waals surface area contributed by atoms with Gasteiger partial charge in [-0.2, -0.15) is 0 Å². The molecule has 1 heterocycles. The molecule has 0 unspecified atom stereocenters. The molecular weight excluding hydrogens is 319 g/mol. The highest BCUT2D eigenvalue weighted by molar-refractivity contribution is 9.10. The summed E-state index contributed by atoms with van der Waals surface area (Å²) in [4.78, 5) is 8.04. The molecule has 1 aromatic carbocycles. The summed E-state index contributed by atoms with van der Waals surface area (Å²) in [5, 5.41) is 2.94. The van der Waals surface area contributed by atoms with Crippen LogP contribution in [0, 0.1) is 5.82 Å². The van der Waals surface area contributed by atoms with Crippen LogP contribution in [0.25, 0.3) is 0 Å². The normalized spacial score (nSPS) is 10.1. The Hall–Kier alpha value is -1.60. The average Bonchev–Trinajstić information content (AvgIpc) is 2.34. The summed E-state index contributed by atoms with van der Waals surface area (Å²) >= 11 is 7.97. The molecule has 2 rings (SSSR count). The van der Waals surface area contributed by atoms with Gasteiger partial charge in [0.05, 0.1) is 10.0 Å². The van der Waals surface area contributed by atoms with Crippen LogP contribution in [0.3, 0.4) is 0 Å². The van der Waals surface area contributed by atoms with Gasteiger partial charge in [-0.1, -0.05) is 12.2 Å². The van der Waals surface area contributed by atoms with E-state index in [2.05, 4.69) is 31.2 Å². The molecule has 7 heteroatoms. The van der Waals surface area contributed by atoms with Crippen LogP contribution >= 0.6 is 28.1 Å². The molecule has 0 atom stereocenters. The van der Waals surface area contributed by atoms with Crippen molar-refractivity contribution in [3.05, 3.63) is 46.6 Å². The predicted octanol–water partition coefficient (Wildman–Crippen LogP) is 2.76. The Bertz CT molecular complexity index is 605. The highest BCUT2D eigenvalue weighted by atomic mass is 79.9. The minimum atomic E-state index is -0.370. The van der Waals surface area contributed by atoms with Crippen LogP contribution in [0.15, 0.2) is 35.2 Å². The molecule has 0 bridgehead atoms. The smallest absolute Gasteiger partial charge is 0.144 e. The fourth-order valence-electron chi connectivity index (χ4n) is 1.32. The summed E-state index contributed by atoms with van der Waals surface area (Å²) < 4.78 is 13.8. The van der Waals surface area contributed by atoms with Crippen molar-refractivity contribution in [1.82, 2.24) is 9.97 Å². The molecule has 0 aliphatic heterocycles. The Morgan fingerprint density at radius 1 is 1.44 bits per heavy atom. The van der Waals surface area contributed by atoms with Gasteiger partial charge in [0.15, 0.2) is 0 Å². The first-order valence-corrected chi connectivity index (χ1v) is 6.10. The first-order chi connectivity index (χ1) is 8.58. The van der Waals surface area contributed by atoms with Crippen molar-refractivity contribution in [2.75, 3.05) is 5.32 Å². The summed E-state index contributed by atoms with van der Waals surface area (Å²) in [5.41, 5.74) is 6.61. The molecule has 0 saturated carbocycles. The number of thiocarbonyl (C=S) groups is 1. The summed E-state index contributed by atoms with van der Waals surface area (Å²) in [7, 11) is 0.